The molecule has 0 atom stereocenters. The summed E-state index contributed by atoms with van der Waals surface area (Å²) in [6.45, 7) is 0. The van der Waals surface area contributed by atoms with Gasteiger partial charge < -0.3 is 10.3 Å². The molecule has 2 N–H and O–H groups in total. The Labute approximate surface area is 127 Å². The van der Waals surface area contributed by atoms with Crippen LogP contribution < -0.4 is 5.73 Å². The number of nitrogens with zero attached hydrogens (tertiary/aromatic N) is 1. The molecule has 1 aromatic heterocycles. The van der Waals surface area contributed by atoms with Crippen molar-refractivity contribution in [3.63, 3.8) is 0 Å². The van der Waals surface area contributed by atoms with E-state index in [1.807, 2.05) is 54.6 Å². The highest BCUT2D eigenvalue weighted by molar-refractivity contribution is 6.10. The number of aromatic nitrogens is 1. The Morgan fingerprint density at radius 2 is 1.55 bits per heavy atom. The molecule has 0 fully saturated rings. The summed E-state index contributed by atoms with van der Waals surface area (Å²) in [5, 5.41) is 2.22. The Bertz CT molecular complexity index is 997. The van der Waals surface area contributed by atoms with E-state index in [1.54, 1.807) is 0 Å². The standard InChI is InChI=1S/C19H14N2O/c20-14-6-8-15(9-7-14)21-18-4-2-1-3-16(18)17-11-13(12-22)5-10-19(17)21/h1-12H,20H2. The van der Waals surface area contributed by atoms with E-state index in [0.717, 1.165) is 39.5 Å². The molecule has 4 aromatic rings. The number of carbonyl (C=O) groups excluding carboxylic acids is 1. The number of fused-ring (bicyclic) bond motifs is 3. The molecule has 0 amide bonds. The molecule has 0 radical (unpaired) electrons. The molecule has 106 valence electrons. The van der Waals surface area contributed by atoms with E-state index in [2.05, 4.69) is 16.7 Å². The van der Waals surface area contributed by atoms with Crippen LogP contribution in [0.1, 0.15) is 10.4 Å². The third kappa shape index (κ3) is 1.79. The molecule has 0 saturated carbocycles. The maximum atomic E-state index is 11.1. The average Bonchev–Trinajstić information content (AvgIpc) is 2.89. The van der Waals surface area contributed by atoms with Gasteiger partial charge in [-0.25, -0.2) is 0 Å². The van der Waals surface area contributed by atoms with E-state index in [9.17, 15) is 4.79 Å². The van der Waals surface area contributed by atoms with Crippen molar-refractivity contribution in [2.24, 2.45) is 0 Å². The fraction of sp³-hybridized carbons (Fsp3) is 0. The Morgan fingerprint density at radius 1 is 0.818 bits per heavy atom. The van der Waals surface area contributed by atoms with Crippen LogP contribution in [-0.4, -0.2) is 10.9 Å². The lowest BCUT2D eigenvalue weighted by atomic mass is 10.1. The summed E-state index contributed by atoms with van der Waals surface area (Å²) in [4.78, 5) is 11.1. The SMILES string of the molecule is Nc1ccc(-n2c3ccccc3c3cc(C=O)ccc32)cc1. The van der Waals surface area contributed by atoms with E-state index < -0.39 is 0 Å². The number of nitrogens with two attached hydrogens (primary N) is 1. The van der Waals surface area contributed by atoms with Crippen molar-refractivity contribution in [3.05, 3.63) is 72.3 Å². The van der Waals surface area contributed by atoms with Crippen molar-refractivity contribution in [2.45, 2.75) is 0 Å². The van der Waals surface area contributed by atoms with Gasteiger partial charge in [-0.3, -0.25) is 4.79 Å². The first kappa shape index (κ1) is 12.7. The number of carbonyl (C=O) groups is 1. The van der Waals surface area contributed by atoms with Crippen LogP contribution >= 0.6 is 0 Å². The van der Waals surface area contributed by atoms with Crippen LogP contribution in [0.5, 0.6) is 0 Å². The normalized spacial score (nSPS) is 11.1. The molecule has 0 saturated heterocycles. The topological polar surface area (TPSA) is 48.0 Å². The predicted molar refractivity (Wildman–Crippen MR) is 90.6 cm³/mol. The number of rotatable bonds is 2. The van der Waals surface area contributed by atoms with Crippen LogP contribution in [0.4, 0.5) is 5.69 Å². The molecular weight excluding hydrogens is 272 g/mol. The van der Waals surface area contributed by atoms with Gasteiger partial charge in [-0.15, -0.1) is 0 Å². The number of para-hydroxylation sites is 1. The fourth-order valence-electron chi connectivity index (χ4n) is 2.97. The van der Waals surface area contributed by atoms with Crippen molar-refractivity contribution in [3.8, 4) is 5.69 Å². The van der Waals surface area contributed by atoms with E-state index >= 15 is 0 Å². The lowest BCUT2D eigenvalue weighted by Gasteiger charge is -2.08. The van der Waals surface area contributed by atoms with Crippen LogP contribution in [0.2, 0.25) is 0 Å². The summed E-state index contributed by atoms with van der Waals surface area (Å²) >= 11 is 0. The summed E-state index contributed by atoms with van der Waals surface area (Å²) in [6.07, 6.45) is 0.884. The van der Waals surface area contributed by atoms with E-state index in [0.29, 0.717) is 5.56 Å². The van der Waals surface area contributed by atoms with Crippen molar-refractivity contribution >= 4 is 33.8 Å². The van der Waals surface area contributed by atoms with Crippen molar-refractivity contribution < 1.29 is 4.79 Å². The second-order valence-electron chi connectivity index (χ2n) is 5.34. The van der Waals surface area contributed by atoms with Crippen LogP contribution in [0, 0.1) is 0 Å². The highest BCUT2D eigenvalue weighted by atomic mass is 16.1. The minimum atomic E-state index is 0.688. The Balaban J connectivity index is 2.15. The number of benzene rings is 3. The van der Waals surface area contributed by atoms with Gasteiger partial charge in [0.2, 0.25) is 0 Å². The van der Waals surface area contributed by atoms with Gasteiger partial charge in [-0.05, 0) is 48.5 Å². The van der Waals surface area contributed by atoms with Gasteiger partial charge in [-0.1, -0.05) is 18.2 Å². The largest absolute Gasteiger partial charge is 0.399 e. The lowest BCUT2D eigenvalue weighted by Crippen LogP contribution is -1.94. The fourth-order valence-corrected chi connectivity index (χ4v) is 2.97. The van der Waals surface area contributed by atoms with Crippen molar-refractivity contribution in [1.82, 2.24) is 4.57 Å². The molecule has 0 aliphatic heterocycles. The van der Waals surface area contributed by atoms with Gasteiger partial charge in [0.15, 0.2) is 0 Å². The summed E-state index contributed by atoms with van der Waals surface area (Å²) in [6, 6.07) is 21.8. The van der Waals surface area contributed by atoms with Crippen LogP contribution in [0.15, 0.2) is 66.7 Å². The molecular formula is C19H14N2O. The molecule has 0 unspecified atom stereocenters. The third-order valence-electron chi connectivity index (χ3n) is 3.98. The number of hydrogen-bond donors (Lipinski definition) is 1. The zero-order chi connectivity index (χ0) is 15.1. The van der Waals surface area contributed by atoms with E-state index in [-0.39, 0.29) is 0 Å². The number of nitrogen functional groups attached to an aromatic ring is 1. The average molecular weight is 286 g/mol. The smallest absolute Gasteiger partial charge is 0.150 e. The van der Waals surface area contributed by atoms with Gasteiger partial charge in [-0.2, -0.15) is 0 Å². The van der Waals surface area contributed by atoms with Gasteiger partial charge in [0, 0.05) is 27.7 Å². The quantitative estimate of drug-likeness (QED) is 0.444. The highest BCUT2D eigenvalue weighted by Crippen LogP contribution is 2.32. The first-order chi connectivity index (χ1) is 10.8. The molecule has 0 spiro atoms. The molecule has 3 nitrogen and oxygen atoms in total. The Hall–Kier alpha value is -3.07. The summed E-state index contributed by atoms with van der Waals surface area (Å²) in [5.41, 5.74) is 10.5. The first-order valence-electron chi connectivity index (χ1n) is 7.12. The molecule has 0 bridgehead atoms. The zero-order valence-electron chi connectivity index (χ0n) is 11.9. The number of anilines is 1. The molecule has 0 aliphatic carbocycles. The summed E-state index contributed by atoms with van der Waals surface area (Å²) < 4.78 is 2.19. The number of aldehydes is 1. The number of hydrogen-bond acceptors (Lipinski definition) is 2. The molecule has 1 heterocycles. The Morgan fingerprint density at radius 3 is 2.32 bits per heavy atom. The molecule has 0 aliphatic rings. The second-order valence-corrected chi connectivity index (χ2v) is 5.34. The zero-order valence-corrected chi connectivity index (χ0v) is 11.9. The molecule has 3 heteroatoms. The van der Waals surface area contributed by atoms with Crippen LogP contribution in [0.25, 0.3) is 27.5 Å². The summed E-state index contributed by atoms with van der Waals surface area (Å²) in [7, 11) is 0. The molecule has 4 rings (SSSR count). The van der Waals surface area contributed by atoms with Gasteiger partial charge in [0.05, 0.1) is 11.0 Å². The lowest BCUT2D eigenvalue weighted by molar-refractivity contribution is 0.112. The van der Waals surface area contributed by atoms with Crippen molar-refractivity contribution in [2.75, 3.05) is 5.73 Å². The minimum absolute atomic E-state index is 0.688. The Kier molecular flexibility index (Phi) is 2.73. The molecule has 22 heavy (non-hydrogen) atoms. The predicted octanol–water partition coefficient (Wildman–Crippen LogP) is 4.18. The first-order valence-corrected chi connectivity index (χ1v) is 7.12. The minimum Gasteiger partial charge on any atom is -0.399 e. The monoisotopic (exact) mass is 286 g/mol. The highest BCUT2D eigenvalue weighted by Gasteiger charge is 2.12. The maximum absolute atomic E-state index is 11.1. The molecule has 3 aromatic carbocycles. The van der Waals surface area contributed by atoms with Crippen molar-refractivity contribution in [1.29, 1.82) is 0 Å². The van der Waals surface area contributed by atoms with Gasteiger partial charge in [0.25, 0.3) is 0 Å². The van der Waals surface area contributed by atoms with Gasteiger partial charge >= 0.3 is 0 Å². The summed E-state index contributed by atoms with van der Waals surface area (Å²) in [5.74, 6) is 0. The van der Waals surface area contributed by atoms with E-state index in [1.165, 1.54) is 0 Å². The van der Waals surface area contributed by atoms with Crippen LogP contribution in [-0.2, 0) is 0 Å². The maximum Gasteiger partial charge on any atom is 0.150 e. The second kappa shape index (κ2) is 4.74. The third-order valence-corrected chi connectivity index (χ3v) is 3.98. The van der Waals surface area contributed by atoms with E-state index in [4.69, 9.17) is 5.73 Å². The van der Waals surface area contributed by atoms with Gasteiger partial charge in [0.1, 0.15) is 6.29 Å². The van der Waals surface area contributed by atoms with Crippen LogP contribution in [0.3, 0.4) is 0 Å².